The standard InChI is InChI=1S/C17H22N2O3/c1-12(13-5-3-2-4-6-13)11-18-17(22)19-15-9-7-14(8-10-15)16(20)21/h2-6,14-15H,1,7-11H2,(H,20,21)(H2,18,19,22). The lowest BCUT2D eigenvalue weighted by Gasteiger charge is -2.26. The minimum absolute atomic E-state index is 0.0561. The molecule has 118 valence electrons. The molecule has 1 aliphatic carbocycles. The first-order valence-corrected chi connectivity index (χ1v) is 7.56. The fourth-order valence-electron chi connectivity index (χ4n) is 2.68. The monoisotopic (exact) mass is 302 g/mol. The van der Waals surface area contributed by atoms with Crippen LogP contribution in [-0.2, 0) is 4.79 Å². The second-order valence-corrected chi connectivity index (χ2v) is 5.68. The lowest BCUT2D eigenvalue weighted by molar-refractivity contribution is -0.142. The highest BCUT2D eigenvalue weighted by Crippen LogP contribution is 2.24. The molecule has 1 aromatic rings. The molecule has 5 heteroatoms. The van der Waals surface area contributed by atoms with E-state index in [0.717, 1.165) is 11.1 Å². The van der Waals surface area contributed by atoms with E-state index in [1.165, 1.54) is 0 Å². The number of aliphatic carboxylic acids is 1. The maximum atomic E-state index is 11.9. The summed E-state index contributed by atoms with van der Waals surface area (Å²) in [5.74, 6) is -0.999. The fraction of sp³-hybridized carbons (Fsp3) is 0.412. The predicted molar refractivity (Wildman–Crippen MR) is 85.4 cm³/mol. The first-order valence-electron chi connectivity index (χ1n) is 7.56. The summed E-state index contributed by atoms with van der Waals surface area (Å²) in [6.07, 6.45) is 2.67. The van der Waals surface area contributed by atoms with Crippen LogP contribution in [0.5, 0.6) is 0 Å². The number of carboxylic acid groups (broad SMARTS) is 1. The van der Waals surface area contributed by atoms with Crippen molar-refractivity contribution in [3.63, 3.8) is 0 Å². The van der Waals surface area contributed by atoms with Crippen LogP contribution in [0, 0.1) is 5.92 Å². The van der Waals surface area contributed by atoms with E-state index in [2.05, 4.69) is 17.2 Å². The van der Waals surface area contributed by atoms with E-state index in [1.54, 1.807) is 0 Å². The molecule has 0 unspecified atom stereocenters. The Bertz CT molecular complexity index is 534. The maximum absolute atomic E-state index is 11.9. The molecule has 22 heavy (non-hydrogen) atoms. The van der Waals surface area contributed by atoms with Crippen LogP contribution >= 0.6 is 0 Å². The highest BCUT2D eigenvalue weighted by atomic mass is 16.4. The Kier molecular flexibility index (Phi) is 5.58. The van der Waals surface area contributed by atoms with Gasteiger partial charge in [-0.2, -0.15) is 0 Å². The lowest BCUT2D eigenvalue weighted by Crippen LogP contribution is -2.44. The van der Waals surface area contributed by atoms with Crippen LogP contribution < -0.4 is 10.6 Å². The first kappa shape index (κ1) is 16.1. The lowest BCUT2D eigenvalue weighted by atomic mass is 9.86. The van der Waals surface area contributed by atoms with E-state index in [-0.39, 0.29) is 18.0 Å². The number of hydrogen-bond donors (Lipinski definition) is 3. The van der Waals surface area contributed by atoms with Crippen LogP contribution in [0.15, 0.2) is 36.9 Å². The molecule has 0 radical (unpaired) electrons. The summed E-state index contributed by atoms with van der Waals surface area (Å²) >= 11 is 0. The maximum Gasteiger partial charge on any atom is 0.315 e. The van der Waals surface area contributed by atoms with E-state index >= 15 is 0 Å². The summed E-state index contributed by atoms with van der Waals surface area (Å²) in [7, 11) is 0. The number of carboxylic acids is 1. The van der Waals surface area contributed by atoms with Gasteiger partial charge in [-0.3, -0.25) is 4.79 Å². The predicted octanol–water partition coefficient (Wildman–Crippen LogP) is 2.64. The molecule has 3 N–H and O–H groups in total. The Morgan fingerprint density at radius 1 is 1.14 bits per heavy atom. The third kappa shape index (κ3) is 4.62. The summed E-state index contributed by atoms with van der Waals surface area (Å²) in [6, 6.07) is 9.54. The van der Waals surface area contributed by atoms with Gasteiger partial charge in [-0.1, -0.05) is 36.9 Å². The Morgan fingerprint density at radius 3 is 2.36 bits per heavy atom. The largest absolute Gasteiger partial charge is 0.481 e. The number of benzene rings is 1. The van der Waals surface area contributed by atoms with Gasteiger partial charge in [-0.05, 0) is 36.8 Å². The smallest absolute Gasteiger partial charge is 0.315 e. The molecule has 0 saturated heterocycles. The van der Waals surface area contributed by atoms with E-state index in [0.29, 0.717) is 32.2 Å². The molecule has 2 rings (SSSR count). The number of nitrogens with one attached hydrogen (secondary N) is 2. The van der Waals surface area contributed by atoms with Gasteiger partial charge in [0.2, 0.25) is 0 Å². The van der Waals surface area contributed by atoms with Gasteiger partial charge in [0.1, 0.15) is 0 Å². The third-order valence-corrected chi connectivity index (χ3v) is 4.06. The molecule has 0 heterocycles. The summed E-state index contributed by atoms with van der Waals surface area (Å²) in [4.78, 5) is 22.8. The summed E-state index contributed by atoms with van der Waals surface area (Å²) in [5, 5.41) is 14.6. The number of urea groups is 1. The van der Waals surface area contributed by atoms with Crippen molar-refractivity contribution in [3.05, 3.63) is 42.5 Å². The van der Waals surface area contributed by atoms with E-state index in [9.17, 15) is 9.59 Å². The number of amides is 2. The third-order valence-electron chi connectivity index (χ3n) is 4.06. The van der Waals surface area contributed by atoms with Crippen LogP contribution in [0.25, 0.3) is 5.57 Å². The van der Waals surface area contributed by atoms with Gasteiger partial charge in [0, 0.05) is 12.6 Å². The molecule has 0 atom stereocenters. The molecule has 0 aromatic heterocycles. The SMILES string of the molecule is C=C(CNC(=O)NC1CCC(C(=O)O)CC1)c1ccccc1. The summed E-state index contributed by atoms with van der Waals surface area (Å²) in [6.45, 7) is 4.35. The molecule has 0 bridgehead atoms. The van der Waals surface area contributed by atoms with Crippen molar-refractivity contribution in [3.8, 4) is 0 Å². The molecular weight excluding hydrogens is 280 g/mol. The van der Waals surface area contributed by atoms with Gasteiger partial charge in [-0.15, -0.1) is 0 Å². The van der Waals surface area contributed by atoms with E-state index < -0.39 is 5.97 Å². The number of hydrogen-bond acceptors (Lipinski definition) is 2. The van der Waals surface area contributed by atoms with Gasteiger partial charge in [-0.25, -0.2) is 4.79 Å². The molecular formula is C17H22N2O3. The molecule has 1 fully saturated rings. The van der Waals surface area contributed by atoms with Crippen LogP contribution in [0.4, 0.5) is 4.79 Å². The van der Waals surface area contributed by atoms with Gasteiger partial charge in [0.05, 0.1) is 5.92 Å². The Morgan fingerprint density at radius 2 is 1.77 bits per heavy atom. The van der Waals surface area contributed by atoms with Crippen molar-refractivity contribution in [2.45, 2.75) is 31.7 Å². The topological polar surface area (TPSA) is 78.4 Å². The minimum atomic E-state index is -0.734. The second kappa shape index (κ2) is 7.64. The van der Waals surface area contributed by atoms with Crippen molar-refractivity contribution in [2.75, 3.05) is 6.54 Å². The van der Waals surface area contributed by atoms with E-state index in [4.69, 9.17) is 5.11 Å². The highest BCUT2D eigenvalue weighted by molar-refractivity contribution is 5.77. The average Bonchev–Trinajstić information content (AvgIpc) is 2.54. The van der Waals surface area contributed by atoms with Crippen molar-refractivity contribution in [1.82, 2.24) is 10.6 Å². The number of carbonyl (C=O) groups excluding carboxylic acids is 1. The zero-order valence-corrected chi connectivity index (χ0v) is 12.5. The molecule has 0 spiro atoms. The van der Waals surface area contributed by atoms with Crippen molar-refractivity contribution < 1.29 is 14.7 Å². The highest BCUT2D eigenvalue weighted by Gasteiger charge is 2.26. The molecule has 0 aliphatic heterocycles. The van der Waals surface area contributed by atoms with Crippen LogP contribution in [-0.4, -0.2) is 29.7 Å². The van der Waals surface area contributed by atoms with Crippen molar-refractivity contribution in [1.29, 1.82) is 0 Å². The fourth-order valence-corrected chi connectivity index (χ4v) is 2.68. The number of carbonyl (C=O) groups is 2. The molecule has 2 amide bonds. The molecule has 1 saturated carbocycles. The summed E-state index contributed by atoms with van der Waals surface area (Å²) in [5.41, 5.74) is 1.86. The molecule has 1 aliphatic rings. The van der Waals surface area contributed by atoms with Gasteiger partial charge in [0.25, 0.3) is 0 Å². The van der Waals surface area contributed by atoms with Crippen LogP contribution in [0.1, 0.15) is 31.2 Å². The van der Waals surface area contributed by atoms with Gasteiger partial charge in [0.15, 0.2) is 0 Å². The van der Waals surface area contributed by atoms with E-state index in [1.807, 2.05) is 30.3 Å². The minimum Gasteiger partial charge on any atom is -0.481 e. The first-order chi connectivity index (χ1) is 10.6. The van der Waals surface area contributed by atoms with Crippen molar-refractivity contribution >= 4 is 17.6 Å². The Balaban J connectivity index is 1.70. The Labute approximate surface area is 130 Å². The molecule has 1 aromatic carbocycles. The van der Waals surface area contributed by atoms with Gasteiger partial charge < -0.3 is 15.7 Å². The average molecular weight is 302 g/mol. The normalized spacial score (nSPS) is 20.9. The number of rotatable bonds is 5. The van der Waals surface area contributed by atoms with Gasteiger partial charge >= 0.3 is 12.0 Å². The van der Waals surface area contributed by atoms with Crippen LogP contribution in [0.3, 0.4) is 0 Å². The zero-order valence-electron chi connectivity index (χ0n) is 12.5. The summed E-state index contributed by atoms with van der Waals surface area (Å²) < 4.78 is 0. The quantitative estimate of drug-likeness (QED) is 0.782. The zero-order chi connectivity index (χ0) is 15.9. The Hall–Kier alpha value is -2.30. The van der Waals surface area contributed by atoms with Crippen molar-refractivity contribution in [2.24, 2.45) is 5.92 Å². The second-order valence-electron chi connectivity index (χ2n) is 5.68. The van der Waals surface area contributed by atoms with Crippen LogP contribution in [0.2, 0.25) is 0 Å². The molecule has 5 nitrogen and oxygen atoms in total.